The lowest BCUT2D eigenvalue weighted by Crippen LogP contribution is -2.11. The third-order valence-corrected chi connectivity index (χ3v) is 9.08. The maximum Gasteiger partial charge on any atom is 0.143 e. The molecular formula is C41H36N4. The minimum atomic E-state index is -0.0166. The summed E-state index contributed by atoms with van der Waals surface area (Å²) in [5.41, 5.74) is 11.2. The zero-order chi connectivity index (χ0) is 30.9. The molecule has 0 aliphatic rings. The van der Waals surface area contributed by atoms with Crippen LogP contribution < -0.4 is 0 Å². The van der Waals surface area contributed by atoms with Crippen LogP contribution >= 0.6 is 0 Å². The Balaban J connectivity index is 1.38. The van der Waals surface area contributed by atoms with Crippen LogP contribution in [0.4, 0.5) is 0 Å². The first-order valence-corrected chi connectivity index (χ1v) is 15.8. The Morgan fingerprint density at radius 2 is 1.44 bits per heavy atom. The van der Waals surface area contributed by atoms with Crippen molar-refractivity contribution in [2.75, 3.05) is 0 Å². The average Bonchev–Trinajstić information content (AvgIpc) is 3.63. The van der Waals surface area contributed by atoms with Gasteiger partial charge in [0, 0.05) is 50.6 Å². The predicted octanol–water partition coefficient (Wildman–Crippen LogP) is 11.1. The summed E-state index contributed by atoms with van der Waals surface area (Å²) < 4.78 is 2.40. The lowest BCUT2D eigenvalue weighted by Gasteiger charge is -2.21. The Kier molecular flexibility index (Phi) is 6.18. The highest BCUT2D eigenvalue weighted by Crippen LogP contribution is 2.41. The van der Waals surface area contributed by atoms with Crippen molar-refractivity contribution in [3.63, 3.8) is 0 Å². The minimum Gasteiger partial charge on any atom is -0.354 e. The van der Waals surface area contributed by atoms with Crippen LogP contribution in [0.5, 0.6) is 0 Å². The van der Waals surface area contributed by atoms with Crippen molar-refractivity contribution in [1.29, 1.82) is 0 Å². The van der Waals surface area contributed by atoms with E-state index in [9.17, 15) is 0 Å². The molecule has 0 aliphatic heterocycles. The molecule has 8 aromatic rings. The lowest BCUT2D eigenvalue weighted by molar-refractivity contribution is 0.591. The minimum absolute atomic E-state index is 0.0166. The molecule has 45 heavy (non-hydrogen) atoms. The molecule has 220 valence electrons. The largest absolute Gasteiger partial charge is 0.354 e. The van der Waals surface area contributed by atoms with E-state index in [1.54, 1.807) is 0 Å². The van der Waals surface area contributed by atoms with Crippen LogP contribution in [0.2, 0.25) is 0 Å². The molecular weight excluding hydrogens is 548 g/mol. The van der Waals surface area contributed by atoms with Crippen LogP contribution in [0.15, 0.2) is 115 Å². The van der Waals surface area contributed by atoms with E-state index in [2.05, 4.69) is 153 Å². The Hall–Kier alpha value is -5.22. The first kappa shape index (κ1) is 27.3. The third kappa shape index (κ3) is 4.43. The molecule has 0 unspecified atom stereocenters. The van der Waals surface area contributed by atoms with Crippen LogP contribution in [0.25, 0.3) is 77.4 Å². The Morgan fingerprint density at radius 1 is 0.689 bits per heavy atom. The standard InChI is InChI=1S/C41H36N4/c1-25(2)45-36-19-11-17-31(27-13-10-14-28(22-27)37-30-15-7-6-12-26(30)20-21-42-37)39(36)44-40(45)34-24-29(41(3,4)5)23-33-32-16-8-9-18-35(32)43-38(33)34/h6-25,43H,1-5H3. The number of fused-ring (bicyclic) bond motifs is 5. The highest BCUT2D eigenvalue weighted by Gasteiger charge is 2.24. The van der Waals surface area contributed by atoms with E-state index < -0.39 is 0 Å². The Morgan fingerprint density at radius 3 is 2.27 bits per heavy atom. The van der Waals surface area contributed by atoms with Crippen molar-refractivity contribution >= 4 is 43.6 Å². The van der Waals surface area contributed by atoms with Crippen molar-refractivity contribution in [2.24, 2.45) is 0 Å². The van der Waals surface area contributed by atoms with E-state index in [1.165, 1.54) is 21.7 Å². The van der Waals surface area contributed by atoms with Gasteiger partial charge in [-0.25, -0.2) is 4.98 Å². The van der Waals surface area contributed by atoms with Gasteiger partial charge in [-0.3, -0.25) is 4.98 Å². The first-order valence-electron chi connectivity index (χ1n) is 15.8. The van der Waals surface area contributed by atoms with Crippen molar-refractivity contribution < 1.29 is 0 Å². The van der Waals surface area contributed by atoms with Gasteiger partial charge in [-0.05, 0) is 72.2 Å². The molecule has 3 aromatic heterocycles. The van der Waals surface area contributed by atoms with Crippen LogP contribution in [0.3, 0.4) is 0 Å². The van der Waals surface area contributed by atoms with Gasteiger partial charge in [-0.2, -0.15) is 0 Å². The van der Waals surface area contributed by atoms with Crippen LogP contribution in [-0.4, -0.2) is 19.5 Å². The number of aromatic amines is 1. The summed E-state index contributed by atoms with van der Waals surface area (Å²) in [4.78, 5) is 14.1. The number of hydrogen-bond acceptors (Lipinski definition) is 2. The topological polar surface area (TPSA) is 46.5 Å². The molecule has 5 aromatic carbocycles. The van der Waals surface area contributed by atoms with Crippen molar-refractivity contribution in [2.45, 2.75) is 46.1 Å². The molecule has 0 fully saturated rings. The second kappa shape index (κ2) is 10.2. The van der Waals surface area contributed by atoms with Gasteiger partial charge in [-0.15, -0.1) is 0 Å². The van der Waals surface area contributed by atoms with E-state index in [0.717, 1.165) is 61.2 Å². The maximum atomic E-state index is 5.50. The second-order valence-electron chi connectivity index (χ2n) is 13.4. The van der Waals surface area contributed by atoms with Crippen molar-refractivity contribution in [1.82, 2.24) is 19.5 Å². The molecule has 0 aliphatic carbocycles. The fourth-order valence-corrected chi connectivity index (χ4v) is 6.81. The van der Waals surface area contributed by atoms with Gasteiger partial charge in [0.15, 0.2) is 0 Å². The summed E-state index contributed by atoms with van der Waals surface area (Å²) in [7, 11) is 0. The molecule has 0 saturated carbocycles. The number of nitrogens with zero attached hydrogens (tertiary/aromatic N) is 3. The number of pyridine rings is 1. The predicted molar refractivity (Wildman–Crippen MR) is 190 cm³/mol. The number of H-pyrrole nitrogens is 1. The maximum absolute atomic E-state index is 5.50. The highest BCUT2D eigenvalue weighted by molar-refractivity contribution is 6.12. The molecule has 0 amide bonds. The van der Waals surface area contributed by atoms with Gasteiger partial charge in [0.05, 0.1) is 22.2 Å². The van der Waals surface area contributed by atoms with Crippen molar-refractivity contribution in [3.8, 4) is 33.8 Å². The number of nitrogens with one attached hydrogen (secondary N) is 1. The number of imidazole rings is 1. The number of hydrogen-bond donors (Lipinski definition) is 1. The number of benzene rings is 5. The summed E-state index contributed by atoms with van der Waals surface area (Å²) in [5.74, 6) is 0.988. The third-order valence-electron chi connectivity index (χ3n) is 9.08. The summed E-state index contributed by atoms with van der Waals surface area (Å²) in [6, 6.07) is 39.3. The number of rotatable bonds is 4. The summed E-state index contributed by atoms with van der Waals surface area (Å²) in [6.45, 7) is 11.4. The quantitative estimate of drug-likeness (QED) is 0.224. The fraction of sp³-hybridized carbons (Fsp3) is 0.171. The SMILES string of the molecule is CC(C)n1c(-c2cc(C(C)(C)C)cc3c2[nH]c2ccccc23)nc2c(-c3cccc(-c4nccc5ccccc45)c3)cccc21. The van der Waals surface area contributed by atoms with E-state index >= 15 is 0 Å². The van der Waals surface area contributed by atoms with E-state index in [1.807, 2.05) is 6.20 Å². The lowest BCUT2D eigenvalue weighted by atomic mass is 9.85. The molecule has 8 rings (SSSR count). The van der Waals surface area contributed by atoms with Gasteiger partial charge in [0.25, 0.3) is 0 Å². The molecule has 1 N–H and O–H groups in total. The molecule has 0 saturated heterocycles. The molecule has 4 nitrogen and oxygen atoms in total. The number of aromatic nitrogens is 4. The van der Waals surface area contributed by atoms with Crippen LogP contribution in [0, 0.1) is 0 Å². The van der Waals surface area contributed by atoms with Gasteiger partial charge in [-0.1, -0.05) is 93.6 Å². The molecule has 3 heterocycles. The molecule has 4 heteroatoms. The summed E-state index contributed by atoms with van der Waals surface area (Å²) in [6.07, 6.45) is 1.90. The monoisotopic (exact) mass is 584 g/mol. The molecule has 0 radical (unpaired) electrons. The molecule has 0 atom stereocenters. The van der Waals surface area contributed by atoms with Gasteiger partial charge in [0.2, 0.25) is 0 Å². The fourth-order valence-electron chi connectivity index (χ4n) is 6.81. The molecule has 0 bridgehead atoms. The van der Waals surface area contributed by atoms with E-state index in [0.29, 0.717) is 0 Å². The number of para-hydroxylation sites is 2. The second-order valence-corrected chi connectivity index (χ2v) is 13.4. The summed E-state index contributed by atoms with van der Waals surface area (Å²) in [5, 5.41) is 4.83. The van der Waals surface area contributed by atoms with Crippen LogP contribution in [-0.2, 0) is 5.41 Å². The summed E-state index contributed by atoms with van der Waals surface area (Å²) >= 11 is 0. The Bertz CT molecular complexity index is 2390. The smallest absolute Gasteiger partial charge is 0.143 e. The Labute approximate surface area is 263 Å². The van der Waals surface area contributed by atoms with E-state index in [4.69, 9.17) is 9.97 Å². The highest BCUT2D eigenvalue weighted by atomic mass is 15.1. The van der Waals surface area contributed by atoms with Crippen LogP contribution in [0.1, 0.15) is 46.2 Å². The van der Waals surface area contributed by atoms with Crippen molar-refractivity contribution in [3.05, 3.63) is 121 Å². The zero-order valence-corrected chi connectivity index (χ0v) is 26.4. The first-order chi connectivity index (χ1) is 21.8. The van der Waals surface area contributed by atoms with Gasteiger partial charge < -0.3 is 9.55 Å². The zero-order valence-electron chi connectivity index (χ0n) is 26.4. The van der Waals surface area contributed by atoms with E-state index in [-0.39, 0.29) is 11.5 Å². The average molecular weight is 585 g/mol. The van der Waals surface area contributed by atoms with Gasteiger partial charge in [0.1, 0.15) is 5.82 Å². The normalized spacial score (nSPS) is 12.3. The van der Waals surface area contributed by atoms with Gasteiger partial charge >= 0.3 is 0 Å². The molecule has 0 spiro atoms.